The van der Waals surface area contributed by atoms with E-state index in [2.05, 4.69) is 41.1 Å². The van der Waals surface area contributed by atoms with E-state index < -0.39 is 11.7 Å². The van der Waals surface area contributed by atoms with E-state index in [1.165, 1.54) is 32.3 Å². The predicted octanol–water partition coefficient (Wildman–Crippen LogP) is 7.00. The number of hydrogen-bond donors (Lipinski definition) is 2. The summed E-state index contributed by atoms with van der Waals surface area (Å²) in [4.78, 5) is 13.8. The van der Waals surface area contributed by atoms with Crippen LogP contribution in [0.1, 0.15) is 71.5 Å². The van der Waals surface area contributed by atoms with E-state index in [1.54, 1.807) is 18.5 Å². The molecule has 1 saturated heterocycles. The zero-order valence-corrected chi connectivity index (χ0v) is 25.6. The number of H-pyrrole nitrogens is 1. The molecule has 238 valence electrons. The van der Waals surface area contributed by atoms with Crippen molar-refractivity contribution in [2.45, 2.75) is 77.7 Å². The van der Waals surface area contributed by atoms with E-state index in [0.29, 0.717) is 23.9 Å². The molecule has 12 heteroatoms. The minimum Gasteiger partial charge on any atom is -0.490 e. The molecule has 4 aromatic rings. The molecule has 2 aliphatic rings. The Morgan fingerprint density at radius 1 is 1.11 bits per heavy atom. The van der Waals surface area contributed by atoms with Crippen LogP contribution in [0.25, 0.3) is 22.3 Å². The summed E-state index contributed by atoms with van der Waals surface area (Å²) in [5.74, 6) is 0.328. The largest absolute Gasteiger partial charge is 0.490 e. The lowest BCUT2D eigenvalue weighted by Crippen LogP contribution is -2.34. The van der Waals surface area contributed by atoms with Gasteiger partial charge in [-0.25, -0.2) is 9.97 Å². The van der Waals surface area contributed by atoms with Crippen LogP contribution in [0.5, 0.6) is 5.75 Å². The number of benzene rings is 1. The van der Waals surface area contributed by atoms with Gasteiger partial charge >= 0.3 is 6.18 Å². The Balaban J connectivity index is 0.000000225. The Hall–Kier alpha value is -3.95. The molecule has 1 aliphatic carbocycles. The Morgan fingerprint density at radius 2 is 1.84 bits per heavy atom. The summed E-state index contributed by atoms with van der Waals surface area (Å²) in [7, 11) is 0. The van der Waals surface area contributed by atoms with Crippen molar-refractivity contribution in [2.24, 2.45) is 0 Å². The second-order valence-electron chi connectivity index (χ2n) is 10.9. The highest BCUT2D eigenvalue weighted by Crippen LogP contribution is 2.34. The fourth-order valence-corrected chi connectivity index (χ4v) is 5.21. The van der Waals surface area contributed by atoms with Gasteiger partial charge in [0.05, 0.1) is 29.6 Å². The second kappa shape index (κ2) is 15.7. The fourth-order valence-electron chi connectivity index (χ4n) is 5.21. The van der Waals surface area contributed by atoms with E-state index in [0.717, 1.165) is 67.4 Å². The van der Waals surface area contributed by atoms with Crippen molar-refractivity contribution in [3.8, 4) is 23.1 Å². The number of rotatable bonds is 8. The summed E-state index contributed by atoms with van der Waals surface area (Å²) in [5, 5.41) is 16.0. The number of halogens is 3. The summed E-state index contributed by atoms with van der Waals surface area (Å²) in [6.07, 6.45) is 8.54. The molecule has 1 saturated carbocycles. The monoisotopic (exact) mass is 612 g/mol. The van der Waals surface area contributed by atoms with Gasteiger partial charge in [-0.15, -0.1) is 0 Å². The summed E-state index contributed by atoms with van der Waals surface area (Å²) in [6, 6.07) is 8.43. The van der Waals surface area contributed by atoms with Crippen molar-refractivity contribution in [1.29, 1.82) is 5.26 Å². The first kappa shape index (κ1) is 33.0. The van der Waals surface area contributed by atoms with Crippen LogP contribution in [0.2, 0.25) is 0 Å². The molecule has 0 unspecified atom stereocenters. The van der Waals surface area contributed by atoms with Crippen molar-refractivity contribution in [1.82, 2.24) is 34.9 Å². The Bertz CT molecular complexity index is 1500. The predicted molar refractivity (Wildman–Crippen MR) is 166 cm³/mol. The number of aromatic amines is 1. The summed E-state index contributed by atoms with van der Waals surface area (Å²) in [5.41, 5.74) is 2.90. The van der Waals surface area contributed by atoms with Crippen LogP contribution >= 0.6 is 0 Å². The number of ether oxygens (including phenoxy) is 1. The maximum absolute atomic E-state index is 13.1. The normalized spacial score (nSPS) is 15.5. The average Bonchev–Trinajstić information content (AvgIpc) is 3.66. The van der Waals surface area contributed by atoms with Gasteiger partial charge in [-0.05, 0) is 88.1 Å². The average molecular weight is 613 g/mol. The van der Waals surface area contributed by atoms with Crippen molar-refractivity contribution in [3.63, 3.8) is 0 Å². The van der Waals surface area contributed by atoms with Crippen molar-refractivity contribution < 1.29 is 19.3 Å². The van der Waals surface area contributed by atoms with Crippen LogP contribution in [0, 0.1) is 11.3 Å². The lowest BCUT2D eigenvalue weighted by Gasteiger charge is -2.25. The Kier molecular flexibility index (Phi) is 11.7. The van der Waals surface area contributed by atoms with E-state index >= 15 is 0 Å². The molecule has 0 atom stereocenters. The van der Waals surface area contributed by atoms with Gasteiger partial charge in [-0.2, -0.15) is 23.5 Å². The molecular weight excluding hydrogens is 569 g/mol. The third-order valence-corrected chi connectivity index (χ3v) is 7.86. The first-order valence-electron chi connectivity index (χ1n) is 15.2. The number of nitriles is 1. The topological polar surface area (TPSA) is 108 Å². The lowest BCUT2D eigenvalue weighted by molar-refractivity contribution is -0.137. The van der Waals surface area contributed by atoms with Crippen molar-refractivity contribution in [3.05, 3.63) is 60.3 Å². The van der Waals surface area contributed by atoms with Crippen LogP contribution in [0.15, 0.2) is 49.2 Å². The molecule has 0 bridgehead atoms. The third kappa shape index (κ3) is 8.80. The van der Waals surface area contributed by atoms with Gasteiger partial charge in [0.25, 0.3) is 0 Å². The summed E-state index contributed by atoms with van der Waals surface area (Å²) >= 11 is 0. The third-order valence-electron chi connectivity index (χ3n) is 7.86. The number of nitrogens with zero attached hydrogens (tertiary/aromatic N) is 6. The number of aromatic nitrogens is 5. The van der Waals surface area contributed by atoms with Gasteiger partial charge in [-0.3, -0.25) is 9.58 Å². The lowest BCUT2D eigenvalue weighted by atomic mass is 9.93. The van der Waals surface area contributed by atoms with E-state index in [1.807, 2.05) is 32.3 Å². The van der Waals surface area contributed by atoms with E-state index in [-0.39, 0.29) is 7.53 Å². The Labute approximate surface area is 257 Å². The van der Waals surface area contributed by atoms with Gasteiger partial charge < -0.3 is 15.0 Å². The molecule has 6 rings (SSSR count). The maximum Gasteiger partial charge on any atom is 0.416 e. The number of nitrogens with one attached hydrogen (secondary N) is 2. The molecule has 2 fully saturated rings. The van der Waals surface area contributed by atoms with Crippen molar-refractivity contribution >= 4 is 11.0 Å². The molecule has 0 amide bonds. The SMILES string of the molecule is CC#N.CCN(CC)Cc1cc(OC2CCNCC2)cc(C(F)(F)F)c1.[HH].c1nc(-c2cnn(C3CCC3)c2)c2cc[nH]c2n1. The van der Waals surface area contributed by atoms with Gasteiger partial charge in [0.15, 0.2) is 0 Å². The van der Waals surface area contributed by atoms with Gasteiger partial charge in [0.2, 0.25) is 0 Å². The molecule has 4 heterocycles. The highest BCUT2D eigenvalue weighted by atomic mass is 19.4. The molecule has 1 aliphatic heterocycles. The van der Waals surface area contributed by atoms with E-state index in [4.69, 9.17) is 10.00 Å². The van der Waals surface area contributed by atoms with Gasteiger partial charge in [0, 0.05) is 38.2 Å². The molecule has 3 aromatic heterocycles. The smallest absolute Gasteiger partial charge is 0.416 e. The fraction of sp³-hybridized carbons (Fsp3) is 0.500. The number of piperidine rings is 1. The maximum atomic E-state index is 13.1. The van der Waals surface area contributed by atoms with Crippen LogP contribution in [-0.4, -0.2) is 61.9 Å². The second-order valence-corrected chi connectivity index (χ2v) is 10.9. The van der Waals surface area contributed by atoms with Gasteiger partial charge in [0.1, 0.15) is 23.8 Å². The molecule has 44 heavy (non-hydrogen) atoms. The Morgan fingerprint density at radius 3 is 2.48 bits per heavy atom. The first-order valence-corrected chi connectivity index (χ1v) is 15.2. The molecule has 9 nitrogen and oxygen atoms in total. The minimum absolute atomic E-state index is 0. The van der Waals surface area contributed by atoms with Crippen LogP contribution in [0.3, 0.4) is 0 Å². The minimum atomic E-state index is -4.36. The highest BCUT2D eigenvalue weighted by molar-refractivity contribution is 5.89. The van der Waals surface area contributed by atoms with Gasteiger partial charge in [-0.1, -0.05) is 13.8 Å². The van der Waals surface area contributed by atoms with Crippen LogP contribution in [-0.2, 0) is 12.7 Å². The molecule has 0 spiro atoms. The molecular formula is C32H43F3N8O. The standard InChI is InChI=1S/C17H25F3N2O.C13H13N5.C2H3N.H2/c1-3-22(4-2)12-13-9-14(17(18,19)20)11-16(10-13)23-15-5-7-21-8-6-15;1-2-10(3-1)18-7-9(6-17-18)12-11-4-5-14-13(11)16-8-15-12;1-2-3;/h9-11,15,21H,3-8,12H2,1-2H3;4-8,10H,1-3H2,(H,14,15,16);1H3;1H. The van der Waals surface area contributed by atoms with E-state index in [9.17, 15) is 13.2 Å². The quantitative estimate of drug-likeness (QED) is 0.221. The number of alkyl halides is 3. The zero-order chi connectivity index (χ0) is 31.5. The number of hydrogen-bond acceptors (Lipinski definition) is 7. The zero-order valence-electron chi connectivity index (χ0n) is 25.6. The molecule has 1 aromatic carbocycles. The van der Waals surface area contributed by atoms with Crippen LogP contribution < -0.4 is 10.1 Å². The molecule has 0 radical (unpaired) electrons. The summed E-state index contributed by atoms with van der Waals surface area (Å²) < 4.78 is 47.3. The number of fused-ring (bicyclic) bond motifs is 1. The highest BCUT2D eigenvalue weighted by Gasteiger charge is 2.32. The first-order chi connectivity index (χ1) is 21.2. The van der Waals surface area contributed by atoms with Crippen LogP contribution in [0.4, 0.5) is 13.2 Å². The molecule has 2 N–H and O–H groups in total. The summed E-state index contributed by atoms with van der Waals surface area (Å²) in [6.45, 7) is 9.23. The van der Waals surface area contributed by atoms with Crippen molar-refractivity contribution in [2.75, 3.05) is 26.2 Å².